The van der Waals surface area contributed by atoms with Crippen molar-refractivity contribution in [2.24, 2.45) is 0 Å². The van der Waals surface area contributed by atoms with Gasteiger partial charge in [-0.05, 0) is 48.7 Å². The maximum Gasteiger partial charge on any atom is 0.337 e. The normalized spacial score (nSPS) is 20.9. The molecule has 9 nitrogen and oxygen atoms in total. The molecule has 2 amide bonds. The summed E-state index contributed by atoms with van der Waals surface area (Å²) in [5, 5.41) is 7.99. The highest BCUT2D eigenvalue weighted by Crippen LogP contribution is 2.55. The number of nitrogens with one attached hydrogen (secondary N) is 1. The number of nitrogens with zero attached hydrogens (tertiary/aromatic N) is 3. The number of halogens is 2. The van der Waals surface area contributed by atoms with Crippen LogP contribution in [0.1, 0.15) is 63.9 Å². The van der Waals surface area contributed by atoms with Crippen LogP contribution in [-0.4, -0.2) is 47.2 Å². The van der Waals surface area contributed by atoms with Gasteiger partial charge in [0.25, 0.3) is 11.8 Å². The van der Waals surface area contributed by atoms with Crippen molar-refractivity contribution in [3.8, 4) is 11.4 Å². The third-order valence-corrected chi connectivity index (χ3v) is 8.52. The first-order valence-electron chi connectivity index (χ1n) is 13.4. The molecule has 42 heavy (non-hydrogen) atoms. The fourth-order valence-corrected chi connectivity index (χ4v) is 6.58. The van der Waals surface area contributed by atoms with Gasteiger partial charge in [0.1, 0.15) is 11.4 Å². The number of aryl methyl sites for hydroxylation is 1. The van der Waals surface area contributed by atoms with E-state index in [9.17, 15) is 14.4 Å². The first kappa shape index (κ1) is 28.1. The molecule has 2 atom stereocenters. The first-order valence-corrected chi connectivity index (χ1v) is 14.2. The number of alkyl halides is 1. The minimum atomic E-state index is -1.57. The van der Waals surface area contributed by atoms with E-state index in [1.54, 1.807) is 35.0 Å². The average molecular weight is 607 g/mol. The van der Waals surface area contributed by atoms with E-state index in [4.69, 9.17) is 37.8 Å². The number of carbonyl (C=O) groups excluding carboxylic acids is 3. The number of hydrogen-bond acceptors (Lipinski definition) is 6. The van der Waals surface area contributed by atoms with Crippen molar-refractivity contribution in [1.82, 2.24) is 15.1 Å². The summed E-state index contributed by atoms with van der Waals surface area (Å²) < 4.78 is 12.2. The molecule has 0 saturated carbocycles. The zero-order valence-corrected chi connectivity index (χ0v) is 25.1. The van der Waals surface area contributed by atoms with Crippen LogP contribution < -0.4 is 15.0 Å². The number of methoxy groups -OCH3 is 2. The third-order valence-electron chi connectivity index (χ3n) is 7.99. The number of allylic oxidation sites excluding steroid dienone is 2. The number of anilines is 1. The van der Waals surface area contributed by atoms with Gasteiger partial charge in [0.2, 0.25) is 0 Å². The summed E-state index contributed by atoms with van der Waals surface area (Å²) >= 11 is 12.9. The van der Waals surface area contributed by atoms with Crippen LogP contribution in [0.4, 0.5) is 5.69 Å². The molecule has 1 N–H and O–H groups in total. The Kier molecular flexibility index (Phi) is 6.70. The third kappa shape index (κ3) is 3.83. The molecule has 3 aliphatic rings. The Morgan fingerprint density at radius 2 is 1.90 bits per heavy atom. The Morgan fingerprint density at radius 1 is 1.14 bits per heavy atom. The Bertz CT molecular complexity index is 1760. The molecule has 1 aliphatic carbocycles. The number of hydrogen-bond donors (Lipinski definition) is 1. The molecule has 3 heterocycles. The highest BCUT2D eigenvalue weighted by atomic mass is 35.5. The van der Waals surface area contributed by atoms with Crippen molar-refractivity contribution in [3.63, 3.8) is 0 Å². The maximum atomic E-state index is 14.6. The van der Waals surface area contributed by atoms with Gasteiger partial charge in [0, 0.05) is 28.3 Å². The number of rotatable bonds is 5. The summed E-state index contributed by atoms with van der Waals surface area (Å²) in [5.41, 5.74) is 2.89. The van der Waals surface area contributed by atoms with Crippen molar-refractivity contribution < 1.29 is 23.9 Å². The van der Waals surface area contributed by atoms with Crippen LogP contribution >= 0.6 is 23.2 Å². The molecular formula is C31H28Cl2N4O5. The lowest BCUT2D eigenvalue weighted by Gasteiger charge is -2.37. The molecule has 2 aromatic carbocycles. The lowest BCUT2D eigenvalue weighted by molar-refractivity contribution is -0.123. The minimum absolute atomic E-state index is 0.119. The van der Waals surface area contributed by atoms with Gasteiger partial charge in [-0.25, -0.2) is 9.48 Å². The quantitative estimate of drug-likeness (QED) is 0.301. The highest BCUT2D eigenvalue weighted by Gasteiger charge is 2.64. The smallest absolute Gasteiger partial charge is 0.337 e. The van der Waals surface area contributed by atoms with Gasteiger partial charge in [-0.3, -0.25) is 14.5 Å². The molecule has 0 fully saturated rings. The van der Waals surface area contributed by atoms with E-state index in [1.165, 1.54) is 19.1 Å². The molecule has 216 valence electrons. The predicted molar refractivity (Wildman–Crippen MR) is 159 cm³/mol. The number of benzene rings is 2. The summed E-state index contributed by atoms with van der Waals surface area (Å²) in [5.74, 6) is -1.17. The second kappa shape index (κ2) is 10.0. The van der Waals surface area contributed by atoms with E-state index in [-0.39, 0.29) is 28.5 Å². The van der Waals surface area contributed by atoms with Gasteiger partial charge in [0.05, 0.1) is 36.5 Å². The largest absolute Gasteiger partial charge is 0.494 e. The predicted octanol–water partition coefficient (Wildman–Crippen LogP) is 5.56. The molecule has 2 unspecified atom stereocenters. The summed E-state index contributed by atoms with van der Waals surface area (Å²) in [6.07, 6.45) is 4.05. The molecule has 11 heteroatoms. The summed E-state index contributed by atoms with van der Waals surface area (Å²) in [6, 6.07) is 10.1. The lowest BCUT2D eigenvalue weighted by Crippen LogP contribution is -2.52. The van der Waals surface area contributed by atoms with Gasteiger partial charge >= 0.3 is 5.97 Å². The van der Waals surface area contributed by atoms with E-state index in [1.807, 2.05) is 39.0 Å². The number of ether oxygens (including phenoxy) is 2. The molecule has 6 rings (SSSR count). The molecule has 0 bridgehead atoms. The van der Waals surface area contributed by atoms with Crippen LogP contribution in [0, 0.1) is 6.92 Å². The van der Waals surface area contributed by atoms with E-state index < -0.39 is 17.4 Å². The topological polar surface area (TPSA) is 103 Å². The van der Waals surface area contributed by atoms with Crippen LogP contribution in [0.5, 0.6) is 5.75 Å². The standard InChI is InChI=1S/C31H28Cl2N4O5/c1-15(2)27-25-26(35-37(27)23-12-17(29(39)42-5)7-11-24(23)41-4)28(38)36(22-14-19(33)8-6-16(22)3)31(25)20-10-9-18(32)13-21(20)34-30(31)40/h6-12,14-15,18H,13H2,1-5H3,(H,34,40). The van der Waals surface area contributed by atoms with Gasteiger partial charge in [0.15, 0.2) is 11.2 Å². The van der Waals surface area contributed by atoms with Crippen LogP contribution in [0.15, 0.2) is 59.8 Å². The highest BCUT2D eigenvalue weighted by molar-refractivity contribution is 6.31. The zero-order chi connectivity index (χ0) is 30.1. The van der Waals surface area contributed by atoms with Crippen molar-refractivity contribution in [1.29, 1.82) is 0 Å². The second-order valence-electron chi connectivity index (χ2n) is 10.8. The van der Waals surface area contributed by atoms with Crippen LogP contribution in [0.2, 0.25) is 5.02 Å². The number of amides is 2. The van der Waals surface area contributed by atoms with E-state index >= 15 is 0 Å². The minimum Gasteiger partial charge on any atom is -0.494 e. The van der Waals surface area contributed by atoms with Gasteiger partial charge < -0.3 is 14.8 Å². The van der Waals surface area contributed by atoms with E-state index in [2.05, 4.69) is 5.32 Å². The van der Waals surface area contributed by atoms with Crippen molar-refractivity contribution >= 4 is 46.7 Å². The number of aromatic nitrogens is 2. The SMILES string of the molecule is COC(=O)c1ccc(OC)c(-n2nc3c(c2C(C)C)C2(C(=O)NC4=C2C=CC(Cl)C4)N(c2cc(Cl)ccc2C)C3=O)c1. The first-order chi connectivity index (χ1) is 20.0. The monoisotopic (exact) mass is 606 g/mol. The zero-order valence-electron chi connectivity index (χ0n) is 23.6. The Morgan fingerprint density at radius 3 is 2.60 bits per heavy atom. The molecular weight excluding hydrogens is 579 g/mol. The fourth-order valence-electron chi connectivity index (χ4n) is 6.19. The van der Waals surface area contributed by atoms with Crippen LogP contribution in [0.25, 0.3) is 5.69 Å². The lowest BCUT2D eigenvalue weighted by atomic mass is 9.79. The molecule has 2 aliphatic heterocycles. The fraction of sp³-hybridized carbons (Fsp3) is 0.290. The Labute approximate surface area is 252 Å². The molecule has 1 spiro atoms. The molecule has 0 saturated heterocycles. The summed E-state index contributed by atoms with van der Waals surface area (Å²) in [7, 11) is 2.81. The summed E-state index contributed by atoms with van der Waals surface area (Å²) in [4.78, 5) is 42.9. The van der Waals surface area contributed by atoms with Gasteiger partial charge in [-0.2, -0.15) is 5.10 Å². The van der Waals surface area contributed by atoms with Crippen molar-refractivity contribution in [2.75, 3.05) is 19.1 Å². The number of carbonyl (C=O) groups is 3. The van der Waals surface area contributed by atoms with E-state index in [0.717, 1.165) is 5.56 Å². The second-order valence-corrected chi connectivity index (χ2v) is 11.8. The number of esters is 1. The summed E-state index contributed by atoms with van der Waals surface area (Å²) in [6.45, 7) is 5.79. The maximum absolute atomic E-state index is 14.6. The van der Waals surface area contributed by atoms with Crippen molar-refractivity contribution in [2.45, 2.75) is 44.0 Å². The molecule has 0 radical (unpaired) electrons. The number of fused-ring (bicyclic) bond motifs is 3. The van der Waals surface area contributed by atoms with E-state index in [0.29, 0.717) is 51.1 Å². The Balaban J connectivity index is 1.71. The van der Waals surface area contributed by atoms with Crippen LogP contribution in [0.3, 0.4) is 0 Å². The Hall–Kier alpha value is -4.08. The molecule has 3 aromatic rings. The van der Waals surface area contributed by atoms with Crippen LogP contribution in [-0.2, 0) is 15.1 Å². The molecule has 1 aromatic heterocycles. The van der Waals surface area contributed by atoms with Gasteiger partial charge in [-0.1, -0.05) is 43.7 Å². The van der Waals surface area contributed by atoms with Gasteiger partial charge in [-0.15, -0.1) is 11.6 Å². The van der Waals surface area contributed by atoms with Crippen molar-refractivity contribution in [3.05, 3.63) is 92.9 Å². The average Bonchev–Trinajstić information content (AvgIpc) is 3.57.